The first-order chi connectivity index (χ1) is 8.97. The Labute approximate surface area is 116 Å². The number of pyridine rings is 1. The van der Waals surface area contributed by atoms with E-state index in [1.807, 2.05) is 18.4 Å². The van der Waals surface area contributed by atoms with Gasteiger partial charge in [-0.3, -0.25) is 4.79 Å². The van der Waals surface area contributed by atoms with Crippen LogP contribution in [0, 0.1) is 0 Å². The topological polar surface area (TPSA) is 72.9 Å². The second-order valence-corrected chi connectivity index (χ2v) is 4.91. The number of nitrogen functional groups attached to an aromatic ring is 1. The van der Waals surface area contributed by atoms with Crippen LogP contribution in [-0.2, 0) is 0 Å². The van der Waals surface area contributed by atoms with E-state index in [0.29, 0.717) is 22.2 Å². The first kappa shape index (κ1) is 13.4. The van der Waals surface area contributed by atoms with Crippen molar-refractivity contribution in [3.8, 4) is 0 Å². The summed E-state index contributed by atoms with van der Waals surface area (Å²) in [7, 11) is 0. The third kappa shape index (κ3) is 3.06. The van der Waals surface area contributed by atoms with Crippen LogP contribution >= 0.6 is 11.6 Å². The highest BCUT2D eigenvalue weighted by Gasteiger charge is 2.15. The lowest BCUT2D eigenvalue weighted by Gasteiger charge is -2.12. The Hall–Kier alpha value is -2.01. The second-order valence-electron chi connectivity index (χ2n) is 4.47. The van der Waals surface area contributed by atoms with Crippen molar-refractivity contribution >= 4 is 29.0 Å². The maximum atomic E-state index is 12.2. The number of nitrogens with zero attached hydrogens (tertiary/aromatic N) is 2. The lowest BCUT2D eigenvalue weighted by molar-refractivity contribution is 0.101. The number of nitrogens with one attached hydrogen (secondary N) is 1. The van der Waals surface area contributed by atoms with Gasteiger partial charge in [-0.15, -0.1) is 0 Å². The van der Waals surface area contributed by atoms with Crippen molar-refractivity contribution in [2.24, 2.45) is 0 Å². The van der Waals surface area contributed by atoms with Crippen LogP contribution < -0.4 is 11.1 Å². The zero-order valence-corrected chi connectivity index (χ0v) is 11.5. The number of rotatable bonds is 3. The molecule has 0 saturated carbocycles. The molecule has 1 amide bonds. The average Bonchev–Trinajstić information content (AvgIpc) is 2.71. The van der Waals surface area contributed by atoms with Crippen molar-refractivity contribution in [1.82, 2.24) is 9.55 Å². The number of carbonyl (C=O) groups excluding carboxylic acids is 1. The first-order valence-electron chi connectivity index (χ1n) is 5.87. The van der Waals surface area contributed by atoms with Gasteiger partial charge in [0.05, 0.1) is 5.69 Å². The quantitative estimate of drug-likeness (QED) is 0.906. The molecule has 0 aromatic carbocycles. The molecule has 2 aromatic heterocycles. The Morgan fingerprint density at radius 1 is 1.47 bits per heavy atom. The van der Waals surface area contributed by atoms with E-state index in [0.717, 1.165) is 0 Å². The molecule has 0 aliphatic rings. The fraction of sp³-hybridized carbons (Fsp3) is 0.231. The minimum Gasteiger partial charge on any atom is -0.397 e. The molecular formula is C13H15ClN4O. The van der Waals surface area contributed by atoms with Crippen molar-refractivity contribution < 1.29 is 4.79 Å². The molecular weight excluding hydrogens is 264 g/mol. The van der Waals surface area contributed by atoms with Gasteiger partial charge < -0.3 is 15.6 Å². The van der Waals surface area contributed by atoms with E-state index in [9.17, 15) is 4.79 Å². The fourth-order valence-electron chi connectivity index (χ4n) is 1.76. The van der Waals surface area contributed by atoms with Crippen LogP contribution in [0.3, 0.4) is 0 Å². The maximum Gasteiger partial charge on any atom is 0.273 e. The lowest BCUT2D eigenvalue weighted by atomic mass is 10.3. The van der Waals surface area contributed by atoms with Crippen molar-refractivity contribution in [2.75, 3.05) is 11.1 Å². The van der Waals surface area contributed by atoms with Gasteiger partial charge in [-0.1, -0.05) is 11.6 Å². The number of anilines is 2. The van der Waals surface area contributed by atoms with Crippen LogP contribution in [0.15, 0.2) is 30.6 Å². The van der Waals surface area contributed by atoms with Gasteiger partial charge >= 0.3 is 0 Å². The Bertz CT molecular complexity index is 606. The Balaban J connectivity index is 2.25. The predicted octanol–water partition coefficient (Wildman–Crippen LogP) is 2.95. The minimum absolute atomic E-state index is 0.144. The molecule has 3 N–H and O–H groups in total. The highest BCUT2D eigenvalue weighted by Crippen LogP contribution is 2.18. The van der Waals surface area contributed by atoms with E-state index < -0.39 is 0 Å². The summed E-state index contributed by atoms with van der Waals surface area (Å²) in [6.45, 7) is 3.96. The SMILES string of the molecule is CC(C)n1cc(N)cc1C(=O)Nc1cc(Cl)ccn1. The van der Waals surface area contributed by atoms with Gasteiger partial charge in [0.25, 0.3) is 5.91 Å². The van der Waals surface area contributed by atoms with E-state index in [-0.39, 0.29) is 11.9 Å². The molecule has 0 spiro atoms. The van der Waals surface area contributed by atoms with Gasteiger partial charge in [0, 0.05) is 23.5 Å². The van der Waals surface area contributed by atoms with E-state index >= 15 is 0 Å². The molecule has 0 atom stereocenters. The normalized spacial score (nSPS) is 10.7. The summed E-state index contributed by atoms with van der Waals surface area (Å²) in [5.41, 5.74) is 6.78. The fourth-order valence-corrected chi connectivity index (χ4v) is 1.92. The summed E-state index contributed by atoms with van der Waals surface area (Å²) in [6.07, 6.45) is 3.28. The highest BCUT2D eigenvalue weighted by molar-refractivity contribution is 6.30. The Kier molecular flexibility index (Phi) is 3.76. The lowest BCUT2D eigenvalue weighted by Crippen LogP contribution is -2.18. The standard InChI is InChI=1S/C13H15ClN4O/c1-8(2)18-7-10(15)6-11(18)13(19)17-12-5-9(14)3-4-16-12/h3-8H,15H2,1-2H3,(H,16,17,19). The molecule has 2 aromatic rings. The smallest absolute Gasteiger partial charge is 0.273 e. The van der Waals surface area contributed by atoms with E-state index in [1.165, 1.54) is 6.20 Å². The molecule has 5 nitrogen and oxygen atoms in total. The van der Waals surface area contributed by atoms with Crippen LogP contribution in [-0.4, -0.2) is 15.5 Å². The van der Waals surface area contributed by atoms with Gasteiger partial charge in [-0.2, -0.15) is 0 Å². The maximum absolute atomic E-state index is 12.2. The van der Waals surface area contributed by atoms with Crippen LogP contribution in [0.2, 0.25) is 5.02 Å². The number of hydrogen-bond acceptors (Lipinski definition) is 3. The number of carbonyl (C=O) groups is 1. The van der Waals surface area contributed by atoms with Gasteiger partial charge in [0.15, 0.2) is 0 Å². The zero-order valence-electron chi connectivity index (χ0n) is 10.7. The van der Waals surface area contributed by atoms with Crippen molar-refractivity contribution in [2.45, 2.75) is 19.9 Å². The van der Waals surface area contributed by atoms with Gasteiger partial charge in [-0.25, -0.2) is 4.98 Å². The van der Waals surface area contributed by atoms with Crippen molar-refractivity contribution in [3.05, 3.63) is 41.3 Å². The molecule has 0 unspecified atom stereocenters. The number of halogens is 1. The molecule has 19 heavy (non-hydrogen) atoms. The summed E-state index contributed by atoms with van der Waals surface area (Å²) in [5, 5.41) is 3.21. The third-order valence-corrected chi connectivity index (χ3v) is 2.86. The first-order valence-corrected chi connectivity index (χ1v) is 6.25. The molecule has 2 rings (SSSR count). The second kappa shape index (κ2) is 5.32. The summed E-state index contributed by atoms with van der Waals surface area (Å²) in [4.78, 5) is 16.2. The molecule has 0 aliphatic heterocycles. The number of aromatic nitrogens is 2. The Morgan fingerprint density at radius 3 is 2.84 bits per heavy atom. The largest absolute Gasteiger partial charge is 0.397 e. The van der Waals surface area contributed by atoms with Crippen molar-refractivity contribution in [3.63, 3.8) is 0 Å². The molecule has 100 valence electrons. The molecule has 0 aliphatic carbocycles. The summed E-state index contributed by atoms with van der Waals surface area (Å²) < 4.78 is 1.81. The van der Waals surface area contributed by atoms with E-state index in [4.69, 9.17) is 17.3 Å². The predicted molar refractivity (Wildman–Crippen MR) is 76.4 cm³/mol. The monoisotopic (exact) mass is 278 g/mol. The van der Waals surface area contributed by atoms with Gasteiger partial charge in [0.2, 0.25) is 0 Å². The Morgan fingerprint density at radius 2 is 2.21 bits per heavy atom. The number of nitrogens with two attached hydrogens (primary N) is 1. The molecule has 2 heterocycles. The number of amides is 1. The third-order valence-electron chi connectivity index (χ3n) is 2.62. The zero-order chi connectivity index (χ0) is 14.0. The number of hydrogen-bond donors (Lipinski definition) is 2. The summed E-state index contributed by atoms with van der Waals surface area (Å²) in [5.74, 6) is 0.146. The van der Waals surface area contributed by atoms with Crippen LogP contribution in [0.1, 0.15) is 30.4 Å². The average molecular weight is 279 g/mol. The highest BCUT2D eigenvalue weighted by atomic mass is 35.5. The van der Waals surface area contributed by atoms with Crippen LogP contribution in [0.5, 0.6) is 0 Å². The van der Waals surface area contributed by atoms with Crippen molar-refractivity contribution in [1.29, 1.82) is 0 Å². The van der Waals surface area contributed by atoms with E-state index in [1.54, 1.807) is 24.4 Å². The minimum atomic E-state index is -0.264. The molecule has 0 bridgehead atoms. The molecule has 6 heteroatoms. The molecule has 0 radical (unpaired) electrons. The van der Waals surface area contributed by atoms with Gasteiger partial charge in [0.1, 0.15) is 11.5 Å². The van der Waals surface area contributed by atoms with Crippen LogP contribution in [0.25, 0.3) is 0 Å². The van der Waals surface area contributed by atoms with E-state index in [2.05, 4.69) is 10.3 Å². The molecule has 0 saturated heterocycles. The van der Waals surface area contributed by atoms with Crippen LogP contribution in [0.4, 0.5) is 11.5 Å². The summed E-state index contributed by atoms with van der Waals surface area (Å²) in [6, 6.07) is 5.02. The molecule has 0 fully saturated rings. The van der Waals surface area contributed by atoms with Gasteiger partial charge in [-0.05, 0) is 32.0 Å². The summed E-state index contributed by atoms with van der Waals surface area (Å²) >= 11 is 5.84.